The lowest BCUT2D eigenvalue weighted by Crippen LogP contribution is -2.14. The van der Waals surface area contributed by atoms with Gasteiger partial charge in [0.2, 0.25) is 0 Å². The van der Waals surface area contributed by atoms with Crippen LogP contribution in [0.15, 0.2) is 48.5 Å². The molecule has 0 amide bonds. The summed E-state index contributed by atoms with van der Waals surface area (Å²) in [6.07, 6.45) is -1.86. The van der Waals surface area contributed by atoms with Crippen LogP contribution < -0.4 is 0 Å². The Kier molecular flexibility index (Phi) is 5.22. The topological polar surface area (TPSA) is 40.5 Å². The van der Waals surface area contributed by atoms with Gasteiger partial charge in [0.1, 0.15) is 12.2 Å². The van der Waals surface area contributed by atoms with Gasteiger partial charge in [-0.3, -0.25) is 0 Å². The number of rotatable bonds is 3. The van der Waals surface area contributed by atoms with Gasteiger partial charge in [-0.1, -0.05) is 90.1 Å². The van der Waals surface area contributed by atoms with Crippen LogP contribution in [0.5, 0.6) is 0 Å². The molecule has 2 N–H and O–H groups in total. The number of hydrogen-bond donors (Lipinski definition) is 2. The quantitative estimate of drug-likeness (QED) is 0.828. The molecule has 0 heterocycles. The summed E-state index contributed by atoms with van der Waals surface area (Å²) in [5.74, 6) is 0. The van der Waals surface area contributed by atoms with E-state index >= 15 is 0 Å². The molecule has 2 aromatic carbocycles. The average molecular weight is 326 g/mol. The molecule has 2 atom stereocenters. The fourth-order valence-corrected chi connectivity index (χ4v) is 2.73. The third kappa shape index (κ3) is 4.25. The zero-order chi connectivity index (χ0) is 18.1. The van der Waals surface area contributed by atoms with Crippen LogP contribution in [-0.4, -0.2) is 10.2 Å². The Labute approximate surface area is 146 Å². The molecular formula is C22H30O2. The van der Waals surface area contributed by atoms with Crippen molar-refractivity contribution >= 4 is 0 Å². The van der Waals surface area contributed by atoms with E-state index in [1.807, 2.05) is 48.5 Å². The summed E-state index contributed by atoms with van der Waals surface area (Å²) in [4.78, 5) is 0. The van der Waals surface area contributed by atoms with Crippen LogP contribution in [0, 0.1) is 0 Å². The first-order chi connectivity index (χ1) is 11.0. The lowest BCUT2D eigenvalue weighted by atomic mass is 9.85. The first-order valence-electron chi connectivity index (χ1n) is 8.57. The molecular weight excluding hydrogens is 296 g/mol. The summed E-state index contributed by atoms with van der Waals surface area (Å²) in [7, 11) is 0. The Morgan fingerprint density at radius 2 is 0.792 bits per heavy atom. The Morgan fingerprint density at radius 1 is 0.542 bits per heavy atom. The lowest BCUT2D eigenvalue weighted by Gasteiger charge is -2.23. The van der Waals surface area contributed by atoms with Gasteiger partial charge in [-0.15, -0.1) is 0 Å². The van der Waals surface area contributed by atoms with Gasteiger partial charge in [-0.25, -0.2) is 0 Å². The molecule has 2 nitrogen and oxygen atoms in total. The highest BCUT2D eigenvalue weighted by atomic mass is 16.3. The van der Waals surface area contributed by atoms with Gasteiger partial charge in [0.25, 0.3) is 0 Å². The van der Waals surface area contributed by atoms with Crippen molar-refractivity contribution in [3.8, 4) is 0 Å². The predicted molar refractivity (Wildman–Crippen MR) is 100 cm³/mol. The second-order valence-electron chi connectivity index (χ2n) is 8.63. The largest absolute Gasteiger partial charge is 0.385 e. The highest BCUT2D eigenvalue weighted by Gasteiger charge is 2.22. The maximum Gasteiger partial charge on any atom is 0.109 e. The second kappa shape index (κ2) is 6.70. The molecule has 0 aliphatic rings. The van der Waals surface area contributed by atoms with E-state index in [4.69, 9.17) is 0 Å². The molecule has 0 aliphatic carbocycles. The van der Waals surface area contributed by atoms with Gasteiger partial charge in [-0.2, -0.15) is 0 Å². The molecule has 130 valence electrons. The van der Waals surface area contributed by atoms with Crippen LogP contribution in [0.1, 0.15) is 76.0 Å². The van der Waals surface area contributed by atoms with Crippen LogP contribution in [0.3, 0.4) is 0 Å². The van der Waals surface area contributed by atoms with Gasteiger partial charge < -0.3 is 10.2 Å². The van der Waals surface area contributed by atoms with Crippen LogP contribution in [0.4, 0.5) is 0 Å². The Balaban J connectivity index is 2.18. The predicted octanol–water partition coefficient (Wildman–Crippen LogP) is 5.05. The summed E-state index contributed by atoms with van der Waals surface area (Å²) in [6, 6.07) is 15.7. The zero-order valence-electron chi connectivity index (χ0n) is 15.7. The van der Waals surface area contributed by atoms with Gasteiger partial charge >= 0.3 is 0 Å². The van der Waals surface area contributed by atoms with E-state index in [9.17, 15) is 10.2 Å². The van der Waals surface area contributed by atoms with Crippen LogP contribution in [0.2, 0.25) is 0 Å². The van der Waals surface area contributed by atoms with Crippen LogP contribution in [0.25, 0.3) is 0 Å². The smallest absolute Gasteiger partial charge is 0.109 e. The molecule has 0 bridgehead atoms. The van der Waals surface area contributed by atoms with Crippen molar-refractivity contribution in [1.29, 1.82) is 0 Å². The zero-order valence-corrected chi connectivity index (χ0v) is 15.7. The van der Waals surface area contributed by atoms with E-state index in [1.54, 1.807) is 0 Å². The maximum absolute atomic E-state index is 10.5. The van der Waals surface area contributed by atoms with Crippen molar-refractivity contribution < 1.29 is 10.2 Å². The summed E-state index contributed by atoms with van der Waals surface area (Å²) in [5.41, 5.74) is 4.03. The number of aliphatic hydroxyl groups is 2. The van der Waals surface area contributed by atoms with Gasteiger partial charge in [0.15, 0.2) is 0 Å². The molecule has 24 heavy (non-hydrogen) atoms. The third-order valence-corrected chi connectivity index (χ3v) is 4.54. The van der Waals surface area contributed by atoms with Crippen molar-refractivity contribution in [2.75, 3.05) is 0 Å². The van der Waals surface area contributed by atoms with E-state index in [-0.39, 0.29) is 10.8 Å². The van der Waals surface area contributed by atoms with Gasteiger partial charge in [-0.05, 0) is 33.1 Å². The summed E-state index contributed by atoms with van der Waals surface area (Å²) in [6.45, 7) is 12.9. The number of hydrogen-bond acceptors (Lipinski definition) is 2. The molecule has 0 spiro atoms. The third-order valence-electron chi connectivity index (χ3n) is 4.54. The normalized spacial score (nSPS) is 15.2. The van der Waals surface area contributed by atoms with E-state index in [0.717, 1.165) is 11.1 Å². The van der Waals surface area contributed by atoms with Crippen molar-refractivity contribution in [3.63, 3.8) is 0 Å². The summed E-state index contributed by atoms with van der Waals surface area (Å²) < 4.78 is 0. The number of benzene rings is 2. The SMILES string of the molecule is CC(C)(C)c1ccc(C(O)C(O)c2ccc(C(C)(C)C)cc2)cc1. The second-order valence-corrected chi connectivity index (χ2v) is 8.63. The molecule has 2 aromatic rings. The first-order valence-corrected chi connectivity index (χ1v) is 8.57. The van der Waals surface area contributed by atoms with Crippen molar-refractivity contribution in [1.82, 2.24) is 0 Å². The minimum Gasteiger partial charge on any atom is -0.385 e. The molecule has 0 saturated carbocycles. The van der Waals surface area contributed by atoms with E-state index < -0.39 is 12.2 Å². The van der Waals surface area contributed by atoms with Crippen molar-refractivity contribution in [3.05, 3.63) is 70.8 Å². The lowest BCUT2D eigenvalue weighted by molar-refractivity contribution is 0.0172. The summed E-state index contributed by atoms with van der Waals surface area (Å²) >= 11 is 0. The first kappa shape index (κ1) is 18.7. The van der Waals surface area contributed by atoms with Crippen LogP contribution in [-0.2, 0) is 10.8 Å². The highest BCUT2D eigenvalue weighted by Crippen LogP contribution is 2.32. The van der Waals surface area contributed by atoms with Gasteiger partial charge in [0, 0.05) is 0 Å². The highest BCUT2D eigenvalue weighted by molar-refractivity contribution is 5.33. The van der Waals surface area contributed by atoms with E-state index in [0.29, 0.717) is 0 Å². The standard InChI is InChI=1S/C22H30O2/c1-21(2,3)17-11-7-15(8-12-17)19(23)20(24)16-9-13-18(14-10-16)22(4,5)6/h7-14,19-20,23-24H,1-6H3. The fraction of sp³-hybridized carbons (Fsp3) is 0.455. The molecule has 0 fully saturated rings. The maximum atomic E-state index is 10.5. The van der Waals surface area contributed by atoms with E-state index in [2.05, 4.69) is 41.5 Å². The Bertz CT molecular complexity index is 594. The fourth-order valence-electron chi connectivity index (χ4n) is 2.73. The molecule has 0 aliphatic heterocycles. The summed E-state index contributed by atoms with van der Waals surface area (Å²) in [5, 5.41) is 21.0. The van der Waals surface area contributed by atoms with Gasteiger partial charge in [0.05, 0.1) is 0 Å². The molecule has 2 unspecified atom stereocenters. The molecule has 0 aromatic heterocycles. The number of aliphatic hydroxyl groups excluding tert-OH is 2. The minimum atomic E-state index is -0.931. The Morgan fingerprint density at radius 3 is 1.00 bits per heavy atom. The molecule has 2 heteroatoms. The minimum absolute atomic E-state index is 0.0743. The monoisotopic (exact) mass is 326 g/mol. The van der Waals surface area contributed by atoms with Crippen molar-refractivity contribution in [2.24, 2.45) is 0 Å². The molecule has 0 saturated heterocycles. The van der Waals surface area contributed by atoms with E-state index in [1.165, 1.54) is 11.1 Å². The Hall–Kier alpha value is -1.64. The average Bonchev–Trinajstić information content (AvgIpc) is 2.52. The molecule has 2 rings (SSSR count). The van der Waals surface area contributed by atoms with Crippen LogP contribution >= 0.6 is 0 Å². The van der Waals surface area contributed by atoms with Crippen molar-refractivity contribution in [2.45, 2.75) is 64.6 Å². The molecule has 0 radical (unpaired) electrons.